The molecule has 78 valence electrons. The molecular weight excluding hydrogens is 178 g/mol. The first kappa shape index (κ1) is 10.9. The van der Waals surface area contributed by atoms with E-state index in [4.69, 9.17) is 10.5 Å². The van der Waals surface area contributed by atoms with Crippen molar-refractivity contribution in [3.05, 3.63) is 17.1 Å². The molecule has 0 bridgehead atoms. The van der Waals surface area contributed by atoms with E-state index in [-0.39, 0.29) is 5.92 Å². The summed E-state index contributed by atoms with van der Waals surface area (Å²) in [5, 5.41) is 0. The highest BCUT2D eigenvalue weighted by atomic mass is 16.5. The van der Waals surface area contributed by atoms with E-state index < -0.39 is 0 Å². The lowest BCUT2D eigenvalue weighted by molar-refractivity contribution is 0.181. The topological polar surface area (TPSA) is 61.0 Å². The lowest BCUT2D eigenvalue weighted by Gasteiger charge is -2.11. The number of nitrogens with two attached hydrogens (primary N) is 1. The fourth-order valence-electron chi connectivity index (χ4n) is 1.22. The van der Waals surface area contributed by atoms with Crippen molar-refractivity contribution in [1.29, 1.82) is 0 Å². The van der Waals surface area contributed by atoms with Crippen LogP contribution in [0.4, 0.5) is 5.82 Å². The van der Waals surface area contributed by atoms with Crippen LogP contribution in [0.1, 0.15) is 29.9 Å². The number of hydrogen-bond acceptors (Lipinski definition) is 4. The average molecular weight is 195 g/mol. The fraction of sp³-hybridized carbons (Fsp3) is 0.600. The molecule has 1 heterocycles. The number of aryl methyl sites for hydroxylation is 1. The summed E-state index contributed by atoms with van der Waals surface area (Å²) in [6, 6.07) is 0. The van der Waals surface area contributed by atoms with E-state index in [1.54, 1.807) is 7.11 Å². The van der Waals surface area contributed by atoms with Crippen LogP contribution in [0.5, 0.6) is 0 Å². The van der Waals surface area contributed by atoms with Crippen LogP contribution in [0.2, 0.25) is 0 Å². The Bertz CT molecular complexity index is 302. The summed E-state index contributed by atoms with van der Waals surface area (Å²) in [5.41, 5.74) is 7.66. The number of ether oxygens (including phenoxy) is 1. The van der Waals surface area contributed by atoms with Crippen LogP contribution in [0, 0.1) is 13.8 Å². The first-order valence-electron chi connectivity index (χ1n) is 4.65. The van der Waals surface area contributed by atoms with Crippen molar-refractivity contribution >= 4 is 5.82 Å². The minimum Gasteiger partial charge on any atom is -0.384 e. The summed E-state index contributed by atoms with van der Waals surface area (Å²) in [7, 11) is 1.67. The number of methoxy groups -OCH3 is 1. The van der Waals surface area contributed by atoms with E-state index >= 15 is 0 Å². The van der Waals surface area contributed by atoms with Gasteiger partial charge in [-0.2, -0.15) is 0 Å². The smallest absolute Gasteiger partial charge is 0.136 e. The van der Waals surface area contributed by atoms with Gasteiger partial charge in [-0.25, -0.2) is 9.97 Å². The molecule has 1 rings (SSSR count). The predicted octanol–water partition coefficient (Wildman–Crippen LogP) is 1.43. The van der Waals surface area contributed by atoms with E-state index in [1.807, 2.05) is 20.8 Å². The van der Waals surface area contributed by atoms with Crippen LogP contribution in [-0.4, -0.2) is 23.7 Å². The van der Waals surface area contributed by atoms with Gasteiger partial charge in [0, 0.05) is 24.3 Å². The van der Waals surface area contributed by atoms with Crippen LogP contribution >= 0.6 is 0 Å². The van der Waals surface area contributed by atoms with Crippen molar-refractivity contribution in [2.45, 2.75) is 26.7 Å². The molecule has 1 unspecified atom stereocenters. The molecule has 0 radical (unpaired) electrons. The Morgan fingerprint density at radius 1 is 1.36 bits per heavy atom. The Hall–Kier alpha value is -1.16. The number of hydrogen-bond donors (Lipinski definition) is 1. The lowest BCUT2D eigenvalue weighted by atomic mass is 10.1. The van der Waals surface area contributed by atoms with Gasteiger partial charge in [0.15, 0.2) is 0 Å². The highest BCUT2D eigenvalue weighted by Crippen LogP contribution is 2.16. The molecule has 4 nitrogen and oxygen atoms in total. The molecule has 0 fully saturated rings. The molecule has 0 saturated carbocycles. The minimum absolute atomic E-state index is 0.182. The van der Waals surface area contributed by atoms with E-state index in [2.05, 4.69) is 9.97 Å². The number of nitrogen functional groups attached to an aromatic ring is 1. The standard InChI is InChI=1S/C10H17N3O/c1-6(5-14-4)10-12-8(3)7(2)9(11)13-10/h6H,5H2,1-4H3,(H2,11,12,13). The molecule has 0 aliphatic rings. The third-order valence-electron chi connectivity index (χ3n) is 2.30. The SMILES string of the molecule is COCC(C)c1nc(C)c(C)c(N)n1. The summed E-state index contributed by atoms with van der Waals surface area (Å²) < 4.78 is 5.05. The Morgan fingerprint density at radius 2 is 2.00 bits per heavy atom. The van der Waals surface area contributed by atoms with Crippen molar-refractivity contribution in [2.24, 2.45) is 0 Å². The van der Waals surface area contributed by atoms with Gasteiger partial charge in [0.1, 0.15) is 11.6 Å². The van der Waals surface area contributed by atoms with Crippen LogP contribution < -0.4 is 5.73 Å². The van der Waals surface area contributed by atoms with Gasteiger partial charge in [-0.15, -0.1) is 0 Å². The minimum atomic E-state index is 0.182. The van der Waals surface area contributed by atoms with Crippen LogP contribution in [0.25, 0.3) is 0 Å². The summed E-state index contributed by atoms with van der Waals surface area (Å²) in [4.78, 5) is 8.62. The van der Waals surface area contributed by atoms with Gasteiger partial charge in [0.2, 0.25) is 0 Å². The van der Waals surface area contributed by atoms with Crippen LogP contribution in [-0.2, 0) is 4.74 Å². The molecular formula is C10H17N3O. The van der Waals surface area contributed by atoms with Crippen molar-refractivity contribution in [3.63, 3.8) is 0 Å². The van der Waals surface area contributed by atoms with Crippen molar-refractivity contribution in [2.75, 3.05) is 19.5 Å². The molecule has 1 aromatic rings. The van der Waals surface area contributed by atoms with Gasteiger partial charge in [0.05, 0.1) is 6.61 Å². The van der Waals surface area contributed by atoms with Crippen LogP contribution in [0.3, 0.4) is 0 Å². The predicted molar refractivity (Wildman–Crippen MR) is 56.2 cm³/mol. The van der Waals surface area contributed by atoms with Gasteiger partial charge in [-0.1, -0.05) is 6.92 Å². The van der Waals surface area contributed by atoms with Gasteiger partial charge >= 0.3 is 0 Å². The number of nitrogens with zero attached hydrogens (tertiary/aromatic N) is 2. The van der Waals surface area contributed by atoms with Crippen molar-refractivity contribution in [1.82, 2.24) is 9.97 Å². The summed E-state index contributed by atoms with van der Waals surface area (Å²) in [5.74, 6) is 1.50. The second kappa shape index (κ2) is 4.37. The molecule has 14 heavy (non-hydrogen) atoms. The molecule has 0 spiro atoms. The van der Waals surface area contributed by atoms with E-state index in [0.717, 1.165) is 17.1 Å². The Balaban J connectivity index is 3.00. The van der Waals surface area contributed by atoms with E-state index in [9.17, 15) is 0 Å². The monoisotopic (exact) mass is 195 g/mol. The molecule has 1 atom stereocenters. The number of anilines is 1. The quantitative estimate of drug-likeness (QED) is 0.792. The molecule has 2 N–H and O–H groups in total. The maximum atomic E-state index is 5.76. The lowest BCUT2D eigenvalue weighted by Crippen LogP contribution is -2.11. The fourth-order valence-corrected chi connectivity index (χ4v) is 1.22. The van der Waals surface area contributed by atoms with Crippen LogP contribution in [0.15, 0.2) is 0 Å². The second-order valence-electron chi connectivity index (χ2n) is 3.53. The largest absolute Gasteiger partial charge is 0.384 e. The maximum absolute atomic E-state index is 5.76. The van der Waals surface area contributed by atoms with Crippen molar-refractivity contribution < 1.29 is 4.74 Å². The Morgan fingerprint density at radius 3 is 2.50 bits per heavy atom. The van der Waals surface area contributed by atoms with Gasteiger partial charge in [-0.05, 0) is 13.8 Å². The summed E-state index contributed by atoms with van der Waals surface area (Å²) >= 11 is 0. The van der Waals surface area contributed by atoms with Crippen molar-refractivity contribution in [3.8, 4) is 0 Å². The third kappa shape index (κ3) is 2.20. The zero-order valence-corrected chi connectivity index (χ0v) is 9.16. The molecule has 0 aliphatic carbocycles. The number of rotatable bonds is 3. The first-order chi connectivity index (χ1) is 6.56. The molecule has 0 aromatic carbocycles. The second-order valence-corrected chi connectivity index (χ2v) is 3.53. The molecule has 4 heteroatoms. The molecule has 1 aromatic heterocycles. The zero-order chi connectivity index (χ0) is 10.7. The van der Waals surface area contributed by atoms with Gasteiger partial charge in [0.25, 0.3) is 0 Å². The van der Waals surface area contributed by atoms with Gasteiger partial charge in [-0.3, -0.25) is 0 Å². The van der Waals surface area contributed by atoms with Gasteiger partial charge < -0.3 is 10.5 Å². The normalized spacial score (nSPS) is 12.9. The average Bonchev–Trinajstić information content (AvgIpc) is 2.13. The Kier molecular flexibility index (Phi) is 3.41. The molecule has 0 saturated heterocycles. The van der Waals surface area contributed by atoms with E-state index in [1.165, 1.54) is 0 Å². The number of aromatic nitrogens is 2. The summed E-state index contributed by atoms with van der Waals surface area (Å²) in [6.07, 6.45) is 0. The van der Waals surface area contributed by atoms with E-state index in [0.29, 0.717) is 12.4 Å². The summed E-state index contributed by atoms with van der Waals surface area (Å²) in [6.45, 7) is 6.50. The highest BCUT2D eigenvalue weighted by molar-refractivity contribution is 5.40. The third-order valence-corrected chi connectivity index (χ3v) is 2.30. The zero-order valence-electron chi connectivity index (χ0n) is 9.16. The molecule has 0 amide bonds. The Labute approximate surface area is 84.5 Å². The molecule has 0 aliphatic heterocycles. The maximum Gasteiger partial charge on any atom is 0.136 e. The highest BCUT2D eigenvalue weighted by Gasteiger charge is 2.11. The first-order valence-corrected chi connectivity index (χ1v) is 4.65.